The minimum absolute atomic E-state index is 0.0809. The molecule has 112 valence electrons. The van der Waals surface area contributed by atoms with E-state index in [1.807, 2.05) is 0 Å². The molecule has 1 aromatic rings. The molecule has 0 aromatic carbocycles. The Hall–Kier alpha value is -1.82. The Balaban J connectivity index is 3.14. The van der Waals surface area contributed by atoms with Gasteiger partial charge >= 0.3 is 11.9 Å². The maximum absolute atomic E-state index is 12.1. The lowest BCUT2D eigenvalue weighted by Gasteiger charge is -2.22. The normalized spacial score (nSPS) is 11.2. The fraction of sp³-hybridized carbons (Fsp3) is 0.571. The van der Waals surface area contributed by atoms with Crippen molar-refractivity contribution in [3.63, 3.8) is 0 Å². The summed E-state index contributed by atoms with van der Waals surface area (Å²) in [5.74, 6) is -0.799. The highest BCUT2D eigenvalue weighted by atomic mass is 16.6. The quantitative estimate of drug-likeness (QED) is 0.598. The van der Waals surface area contributed by atoms with E-state index in [4.69, 9.17) is 19.0 Å². The van der Waals surface area contributed by atoms with Crippen molar-refractivity contribution in [2.24, 2.45) is 0 Å². The van der Waals surface area contributed by atoms with Crippen LogP contribution in [0.4, 0.5) is 0 Å². The number of ether oxygens (including phenoxy) is 2. The van der Waals surface area contributed by atoms with E-state index in [0.717, 1.165) is 0 Å². The predicted octanol–water partition coefficient (Wildman–Crippen LogP) is 1.20. The first kappa shape index (κ1) is 16.2. The number of hydrogen-bond donors (Lipinski definition) is 1. The van der Waals surface area contributed by atoms with Gasteiger partial charge in [-0.15, -0.1) is 0 Å². The molecule has 20 heavy (non-hydrogen) atoms. The lowest BCUT2D eigenvalue weighted by molar-refractivity contribution is -0.164. The number of hydrogen-bond acceptors (Lipinski definition) is 6. The van der Waals surface area contributed by atoms with Crippen LogP contribution in [-0.4, -0.2) is 36.9 Å². The van der Waals surface area contributed by atoms with E-state index >= 15 is 0 Å². The Labute approximate surface area is 117 Å². The Morgan fingerprint density at radius 3 is 2.20 bits per heavy atom. The van der Waals surface area contributed by atoms with Crippen LogP contribution in [0.15, 0.2) is 16.5 Å². The van der Waals surface area contributed by atoms with E-state index in [9.17, 15) is 9.59 Å². The monoisotopic (exact) mass is 284 g/mol. The number of aliphatic hydroxyl groups excluding tert-OH is 1. The molecule has 0 bridgehead atoms. The summed E-state index contributed by atoms with van der Waals surface area (Å²) in [6.07, 6.45) is 0.307. The summed E-state index contributed by atoms with van der Waals surface area (Å²) in [5, 5.41) is 8.88. The molecular weight excluding hydrogens is 264 g/mol. The van der Waals surface area contributed by atoms with Gasteiger partial charge in [-0.05, 0) is 32.9 Å². The summed E-state index contributed by atoms with van der Waals surface area (Å²) in [6.45, 7) is 4.94. The zero-order chi connectivity index (χ0) is 15.2. The number of rotatable bonds is 7. The van der Waals surface area contributed by atoms with Crippen LogP contribution in [0.1, 0.15) is 32.3 Å². The number of esters is 2. The van der Waals surface area contributed by atoms with Crippen LogP contribution in [0.25, 0.3) is 0 Å². The summed E-state index contributed by atoms with van der Waals surface area (Å²) in [4.78, 5) is 24.2. The third kappa shape index (κ3) is 3.19. The molecule has 1 N–H and O–H groups in total. The Morgan fingerprint density at radius 1 is 1.20 bits per heavy atom. The molecule has 0 radical (unpaired) electrons. The van der Waals surface area contributed by atoms with Crippen LogP contribution in [0, 0.1) is 0 Å². The number of furan rings is 1. The fourth-order valence-electron chi connectivity index (χ4n) is 1.73. The molecule has 6 nitrogen and oxygen atoms in total. The molecule has 0 saturated heterocycles. The lowest BCUT2D eigenvalue weighted by atomic mass is 9.88. The Bertz CT molecular complexity index is 444. The summed E-state index contributed by atoms with van der Waals surface area (Å²) in [7, 11) is 0. The summed E-state index contributed by atoms with van der Waals surface area (Å²) in [6, 6.07) is 3.14. The highest BCUT2D eigenvalue weighted by Gasteiger charge is 2.49. The first-order chi connectivity index (χ1) is 9.50. The van der Waals surface area contributed by atoms with Gasteiger partial charge in [0.25, 0.3) is 0 Å². The molecule has 0 fully saturated rings. The molecule has 0 saturated carbocycles. The predicted molar refractivity (Wildman–Crippen MR) is 70.1 cm³/mol. The van der Waals surface area contributed by atoms with E-state index in [0.29, 0.717) is 12.2 Å². The van der Waals surface area contributed by atoms with Crippen molar-refractivity contribution in [1.29, 1.82) is 0 Å². The molecule has 1 heterocycles. The molecule has 0 amide bonds. The van der Waals surface area contributed by atoms with Crippen molar-refractivity contribution in [2.75, 3.05) is 19.8 Å². The third-order valence-corrected chi connectivity index (χ3v) is 2.88. The minimum atomic E-state index is -1.64. The number of carbonyl (C=O) groups is 2. The van der Waals surface area contributed by atoms with Crippen LogP contribution < -0.4 is 0 Å². The Kier molecular flexibility index (Phi) is 5.76. The molecular formula is C14H20O6. The average Bonchev–Trinajstić information content (AvgIpc) is 2.87. The molecule has 0 aliphatic rings. The molecule has 1 aromatic heterocycles. The SMILES string of the molecule is CCOC(=O)C(C)(C(=O)OCC)c1ccc(CCO)o1. The van der Waals surface area contributed by atoms with Crippen molar-refractivity contribution in [2.45, 2.75) is 32.6 Å². The van der Waals surface area contributed by atoms with Gasteiger partial charge in [-0.2, -0.15) is 0 Å². The van der Waals surface area contributed by atoms with Crippen molar-refractivity contribution < 1.29 is 28.6 Å². The van der Waals surface area contributed by atoms with Crippen molar-refractivity contribution in [1.82, 2.24) is 0 Å². The van der Waals surface area contributed by atoms with Gasteiger partial charge in [0.2, 0.25) is 5.41 Å². The zero-order valence-electron chi connectivity index (χ0n) is 12.0. The van der Waals surface area contributed by atoms with E-state index in [-0.39, 0.29) is 25.6 Å². The fourth-order valence-corrected chi connectivity index (χ4v) is 1.73. The van der Waals surface area contributed by atoms with Gasteiger partial charge in [-0.1, -0.05) is 0 Å². The van der Waals surface area contributed by atoms with Gasteiger partial charge in [0.05, 0.1) is 19.8 Å². The Morgan fingerprint density at radius 2 is 1.75 bits per heavy atom. The average molecular weight is 284 g/mol. The van der Waals surface area contributed by atoms with E-state index in [2.05, 4.69) is 0 Å². The third-order valence-electron chi connectivity index (χ3n) is 2.88. The van der Waals surface area contributed by atoms with Gasteiger partial charge in [0, 0.05) is 6.42 Å². The van der Waals surface area contributed by atoms with Crippen molar-refractivity contribution in [3.8, 4) is 0 Å². The van der Waals surface area contributed by atoms with E-state index in [1.54, 1.807) is 19.9 Å². The van der Waals surface area contributed by atoms with Crippen LogP contribution in [0.3, 0.4) is 0 Å². The molecule has 6 heteroatoms. The summed E-state index contributed by atoms with van der Waals surface area (Å²) in [5.41, 5.74) is -1.64. The molecule has 0 atom stereocenters. The first-order valence-electron chi connectivity index (χ1n) is 6.55. The lowest BCUT2D eigenvalue weighted by Crippen LogP contribution is -2.43. The van der Waals surface area contributed by atoms with E-state index < -0.39 is 17.4 Å². The molecule has 0 aliphatic heterocycles. The van der Waals surface area contributed by atoms with E-state index in [1.165, 1.54) is 13.0 Å². The molecule has 1 rings (SSSR count). The van der Waals surface area contributed by atoms with Gasteiger partial charge in [0.1, 0.15) is 11.5 Å². The van der Waals surface area contributed by atoms with Crippen molar-refractivity contribution in [3.05, 3.63) is 23.7 Å². The smallest absolute Gasteiger partial charge is 0.331 e. The van der Waals surface area contributed by atoms with Gasteiger partial charge in [0.15, 0.2) is 0 Å². The largest absolute Gasteiger partial charge is 0.465 e. The van der Waals surface area contributed by atoms with Crippen LogP contribution in [0.5, 0.6) is 0 Å². The molecule has 0 unspecified atom stereocenters. The number of aliphatic hydroxyl groups is 1. The highest BCUT2D eigenvalue weighted by Crippen LogP contribution is 2.29. The topological polar surface area (TPSA) is 86.0 Å². The number of carbonyl (C=O) groups excluding carboxylic acids is 2. The summed E-state index contributed by atoms with van der Waals surface area (Å²) < 4.78 is 15.4. The van der Waals surface area contributed by atoms with Crippen LogP contribution in [0.2, 0.25) is 0 Å². The van der Waals surface area contributed by atoms with Gasteiger partial charge in [-0.3, -0.25) is 9.59 Å². The standard InChI is InChI=1S/C14H20O6/c1-4-18-12(16)14(3,13(17)19-5-2)11-7-6-10(20-11)8-9-15/h6-7,15H,4-5,8-9H2,1-3H3. The first-order valence-corrected chi connectivity index (χ1v) is 6.55. The molecule has 0 aliphatic carbocycles. The molecule has 0 spiro atoms. The van der Waals surface area contributed by atoms with Gasteiger partial charge < -0.3 is 19.0 Å². The maximum atomic E-state index is 12.1. The van der Waals surface area contributed by atoms with Gasteiger partial charge in [-0.25, -0.2) is 0 Å². The maximum Gasteiger partial charge on any atom is 0.331 e. The second kappa shape index (κ2) is 7.09. The van der Waals surface area contributed by atoms with Crippen LogP contribution >= 0.6 is 0 Å². The second-order valence-corrected chi connectivity index (χ2v) is 4.31. The van der Waals surface area contributed by atoms with Crippen molar-refractivity contribution >= 4 is 11.9 Å². The second-order valence-electron chi connectivity index (χ2n) is 4.31. The minimum Gasteiger partial charge on any atom is -0.465 e. The summed E-state index contributed by atoms with van der Waals surface area (Å²) >= 11 is 0. The highest BCUT2D eigenvalue weighted by molar-refractivity contribution is 6.05. The van der Waals surface area contributed by atoms with Crippen LogP contribution in [-0.2, 0) is 30.9 Å². The zero-order valence-corrected chi connectivity index (χ0v) is 12.0.